The molecule has 1 unspecified atom stereocenters. The second kappa shape index (κ2) is 10.5. The molecule has 0 radical (unpaired) electrons. The van der Waals surface area contributed by atoms with Gasteiger partial charge in [0.25, 0.3) is 0 Å². The Morgan fingerprint density at radius 3 is 2.48 bits per heavy atom. The average molecular weight is 294 g/mol. The van der Waals surface area contributed by atoms with Gasteiger partial charge in [-0.15, -0.1) is 0 Å². The Balaban J connectivity index is 2.19. The lowest BCUT2D eigenvalue weighted by molar-refractivity contribution is 0.151. The van der Waals surface area contributed by atoms with Crippen molar-refractivity contribution < 1.29 is 14.9 Å². The van der Waals surface area contributed by atoms with Gasteiger partial charge >= 0.3 is 0 Å². The Labute approximate surface area is 129 Å². The van der Waals surface area contributed by atoms with Gasteiger partial charge in [-0.2, -0.15) is 0 Å². The smallest absolute Gasteiger partial charge is 0.160 e. The van der Waals surface area contributed by atoms with Crippen LogP contribution in [0.4, 0.5) is 0 Å². The van der Waals surface area contributed by atoms with Crippen LogP contribution in [0.3, 0.4) is 0 Å². The number of ether oxygens (including phenoxy) is 1. The summed E-state index contributed by atoms with van der Waals surface area (Å²) in [6.07, 6.45) is 9.79. The number of methoxy groups -OCH3 is 1. The van der Waals surface area contributed by atoms with E-state index in [1.807, 2.05) is 12.1 Å². The third kappa shape index (κ3) is 7.37. The maximum atomic E-state index is 10.0. The van der Waals surface area contributed by atoms with Gasteiger partial charge in [0.2, 0.25) is 0 Å². The summed E-state index contributed by atoms with van der Waals surface area (Å²) < 4.78 is 5.09. The number of aliphatic hydroxyl groups excluding tert-OH is 1. The SMILES string of the molecule is CCCCCCCCC(O)CCc1ccc(O)c(OC)c1. The van der Waals surface area contributed by atoms with E-state index in [2.05, 4.69) is 6.92 Å². The van der Waals surface area contributed by atoms with E-state index in [1.165, 1.54) is 32.1 Å². The van der Waals surface area contributed by atoms with Crippen molar-refractivity contribution in [3.05, 3.63) is 23.8 Å². The number of hydrogen-bond acceptors (Lipinski definition) is 3. The number of unbranched alkanes of at least 4 members (excludes halogenated alkanes) is 5. The molecular formula is C18H30O3. The van der Waals surface area contributed by atoms with Gasteiger partial charge in [0, 0.05) is 0 Å². The van der Waals surface area contributed by atoms with Crippen molar-refractivity contribution >= 4 is 0 Å². The predicted molar refractivity (Wildman–Crippen MR) is 87.0 cm³/mol. The monoisotopic (exact) mass is 294 g/mol. The van der Waals surface area contributed by atoms with Crippen LogP contribution in [0.2, 0.25) is 0 Å². The van der Waals surface area contributed by atoms with Crippen LogP contribution in [-0.4, -0.2) is 23.4 Å². The zero-order valence-electron chi connectivity index (χ0n) is 13.5. The molecule has 0 aliphatic heterocycles. The summed E-state index contributed by atoms with van der Waals surface area (Å²) in [4.78, 5) is 0. The lowest BCUT2D eigenvalue weighted by Gasteiger charge is -2.11. The van der Waals surface area contributed by atoms with E-state index in [9.17, 15) is 10.2 Å². The summed E-state index contributed by atoms with van der Waals surface area (Å²) in [7, 11) is 1.55. The Morgan fingerprint density at radius 2 is 1.76 bits per heavy atom. The van der Waals surface area contributed by atoms with Crippen LogP contribution in [-0.2, 0) is 6.42 Å². The fourth-order valence-corrected chi connectivity index (χ4v) is 2.52. The van der Waals surface area contributed by atoms with E-state index in [0.29, 0.717) is 5.75 Å². The standard InChI is InChI=1S/C18H30O3/c1-3-4-5-6-7-8-9-16(19)12-10-15-11-13-17(20)18(14-15)21-2/h11,13-14,16,19-20H,3-10,12H2,1-2H3. The molecule has 0 aromatic heterocycles. The third-order valence-electron chi connectivity index (χ3n) is 3.90. The minimum atomic E-state index is -0.226. The maximum absolute atomic E-state index is 10.0. The summed E-state index contributed by atoms with van der Waals surface area (Å²) in [5.74, 6) is 0.659. The van der Waals surface area contributed by atoms with Crippen molar-refractivity contribution in [2.24, 2.45) is 0 Å². The van der Waals surface area contributed by atoms with E-state index in [1.54, 1.807) is 13.2 Å². The first-order valence-corrected chi connectivity index (χ1v) is 8.21. The van der Waals surface area contributed by atoms with Gasteiger partial charge in [0.05, 0.1) is 13.2 Å². The molecule has 1 aromatic carbocycles. The molecule has 0 heterocycles. The predicted octanol–water partition coefficient (Wildman–Crippen LogP) is 4.44. The highest BCUT2D eigenvalue weighted by Crippen LogP contribution is 2.27. The van der Waals surface area contributed by atoms with E-state index in [4.69, 9.17) is 4.74 Å². The molecule has 2 N–H and O–H groups in total. The quantitative estimate of drug-likeness (QED) is 0.593. The molecule has 0 fully saturated rings. The molecule has 0 saturated carbocycles. The third-order valence-corrected chi connectivity index (χ3v) is 3.90. The normalized spacial score (nSPS) is 12.3. The van der Waals surface area contributed by atoms with Crippen molar-refractivity contribution in [1.82, 2.24) is 0 Å². The van der Waals surface area contributed by atoms with Crippen LogP contribution in [0.1, 0.15) is 63.9 Å². The highest BCUT2D eigenvalue weighted by Gasteiger charge is 2.07. The van der Waals surface area contributed by atoms with Crippen molar-refractivity contribution in [1.29, 1.82) is 0 Å². The van der Waals surface area contributed by atoms with Crippen molar-refractivity contribution in [2.45, 2.75) is 70.8 Å². The summed E-state index contributed by atoms with van der Waals surface area (Å²) in [6, 6.07) is 5.37. The second-order valence-electron chi connectivity index (χ2n) is 5.76. The molecule has 1 atom stereocenters. The number of benzene rings is 1. The van der Waals surface area contributed by atoms with Crippen molar-refractivity contribution in [3.8, 4) is 11.5 Å². The zero-order chi connectivity index (χ0) is 15.5. The lowest BCUT2D eigenvalue weighted by atomic mass is 10.0. The zero-order valence-corrected chi connectivity index (χ0v) is 13.5. The van der Waals surface area contributed by atoms with Crippen LogP contribution in [0.5, 0.6) is 11.5 Å². The molecule has 3 nitrogen and oxygen atoms in total. The highest BCUT2D eigenvalue weighted by atomic mass is 16.5. The molecule has 1 rings (SSSR count). The molecule has 3 heteroatoms. The molecule has 0 amide bonds. The molecule has 0 bridgehead atoms. The number of aliphatic hydroxyl groups is 1. The van der Waals surface area contributed by atoms with Crippen molar-refractivity contribution in [3.63, 3.8) is 0 Å². The maximum Gasteiger partial charge on any atom is 0.160 e. The van der Waals surface area contributed by atoms with Crippen LogP contribution in [0.15, 0.2) is 18.2 Å². The van der Waals surface area contributed by atoms with Crippen LogP contribution in [0, 0.1) is 0 Å². The topological polar surface area (TPSA) is 49.7 Å². The number of hydrogen-bond donors (Lipinski definition) is 2. The summed E-state index contributed by atoms with van der Waals surface area (Å²) in [6.45, 7) is 2.22. The molecule has 0 saturated heterocycles. The van der Waals surface area contributed by atoms with Gasteiger partial charge in [-0.3, -0.25) is 0 Å². The van der Waals surface area contributed by atoms with Gasteiger partial charge in [-0.25, -0.2) is 0 Å². The van der Waals surface area contributed by atoms with E-state index in [0.717, 1.165) is 31.2 Å². The first-order chi connectivity index (χ1) is 10.2. The fraction of sp³-hybridized carbons (Fsp3) is 0.667. The average Bonchev–Trinajstić information content (AvgIpc) is 2.50. The Morgan fingerprint density at radius 1 is 1.05 bits per heavy atom. The minimum Gasteiger partial charge on any atom is -0.504 e. The number of aromatic hydroxyl groups is 1. The van der Waals surface area contributed by atoms with E-state index < -0.39 is 0 Å². The van der Waals surface area contributed by atoms with E-state index >= 15 is 0 Å². The number of rotatable bonds is 11. The highest BCUT2D eigenvalue weighted by molar-refractivity contribution is 5.41. The molecular weight excluding hydrogens is 264 g/mol. The molecule has 0 spiro atoms. The summed E-state index contributed by atoms with van der Waals surface area (Å²) >= 11 is 0. The van der Waals surface area contributed by atoms with Gasteiger partial charge < -0.3 is 14.9 Å². The van der Waals surface area contributed by atoms with Crippen LogP contribution < -0.4 is 4.74 Å². The summed E-state index contributed by atoms with van der Waals surface area (Å²) in [5.41, 5.74) is 1.09. The Bertz CT molecular complexity index is 390. The first kappa shape index (κ1) is 17.8. The number of aryl methyl sites for hydroxylation is 1. The van der Waals surface area contributed by atoms with Crippen LogP contribution >= 0.6 is 0 Å². The fourth-order valence-electron chi connectivity index (χ4n) is 2.52. The number of phenolic OH excluding ortho intramolecular Hbond substituents is 1. The Kier molecular flexibility index (Phi) is 8.91. The molecule has 1 aromatic rings. The Hall–Kier alpha value is -1.22. The second-order valence-corrected chi connectivity index (χ2v) is 5.76. The first-order valence-electron chi connectivity index (χ1n) is 8.21. The van der Waals surface area contributed by atoms with Gasteiger partial charge in [-0.1, -0.05) is 51.5 Å². The molecule has 120 valence electrons. The largest absolute Gasteiger partial charge is 0.504 e. The minimum absolute atomic E-state index is 0.161. The molecule has 0 aliphatic rings. The lowest BCUT2D eigenvalue weighted by Crippen LogP contribution is -2.07. The van der Waals surface area contributed by atoms with Crippen LogP contribution in [0.25, 0.3) is 0 Å². The van der Waals surface area contributed by atoms with Gasteiger partial charge in [0.15, 0.2) is 11.5 Å². The van der Waals surface area contributed by atoms with Crippen molar-refractivity contribution in [2.75, 3.05) is 7.11 Å². The number of phenols is 1. The summed E-state index contributed by atoms with van der Waals surface area (Å²) in [5, 5.41) is 19.6. The van der Waals surface area contributed by atoms with Gasteiger partial charge in [0.1, 0.15) is 0 Å². The van der Waals surface area contributed by atoms with Gasteiger partial charge in [-0.05, 0) is 37.0 Å². The molecule has 0 aliphatic carbocycles. The van der Waals surface area contributed by atoms with E-state index in [-0.39, 0.29) is 11.9 Å². The molecule has 21 heavy (non-hydrogen) atoms.